The van der Waals surface area contributed by atoms with Gasteiger partial charge in [0.1, 0.15) is 15.7 Å². The molecule has 1 atom stereocenters. The number of ketones is 1. The molecule has 2 N–H and O–H groups in total. The van der Waals surface area contributed by atoms with Gasteiger partial charge in [0.15, 0.2) is 24.8 Å². The lowest BCUT2D eigenvalue weighted by atomic mass is 9.65. The molecule has 0 spiro atoms. The monoisotopic (exact) mass is 441 g/mol. The summed E-state index contributed by atoms with van der Waals surface area (Å²) in [6, 6.07) is 13.5. The lowest BCUT2D eigenvalue weighted by Crippen LogP contribution is -2.40. The Morgan fingerprint density at radius 2 is 1.68 bits per heavy atom. The summed E-state index contributed by atoms with van der Waals surface area (Å²) >= 11 is 0. The van der Waals surface area contributed by atoms with Gasteiger partial charge in [-0.1, -0.05) is 42.5 Å². The van der Waals surface area contributed by atoms with Crippen LogP contribution in [0, 0.1) is 0 Å². The number of carbonyl (C=O) groups excluding carboxylic acids is 1. The van der Waals surface area contributed by atoms with Crippen LogP contribution in [-0.4, -0.2) is 52.0 Å². The first kappa shape index (κ1) is 22.7. The van der Waals surface area contributed by atoms with Gasteiger partial charge in [0.25, 0.3) is 0 Å². The van der Waals surface area contributed by atoms with Crippen LogP contribution >= 0.6 is 0 Å². The molecule has 2 aromatic carbocycles. The number of Topliss-reactive ketones (excluding diaryl/α,β-unsaturated/α-hetero) is 1. The highest BCUT2D eigenvalue weighted by Crippen LogP contribution is 2.44. The van der Waals surface area contributed by atoms with Crippen LogP contribution in [0.1, 0.15) is 11.1 Å². The van der Waals surface area contributed by atoms with E-state index < -0.39 is 37.6 Å². The average molecular weight is 441 g/mol. The van der Waals surface area contributed by atoms with Gasteiger partial charge in [-0.3, -0.25) is 4.79 Å². The minimum Gasteiger partial charge on any atom is -0.493 e. The number of hydrogen-bond donors (Lipinski definition) is 1. The zero-order chi connectivity index (χ0) is 23.0. The molecule has 8 nitrogen and oxygen atoms in total. The predicted molar refractivity (Wildman–Crippen MR) is 122 cm³/mol. The van der Waals surface area contributed by atoms with Crippen molar-refractivity contribution in [1.29, 1.82) is 0 Å². The maximum atomic E-state index is 13.3. The maximum absolute atomic E-state index is 13.3. The molecule has 31 heavy (non-hydrogen) atoms. The van der Waals surface area contributed by atoms with E-state index in [-0.39, 0.29) is 5.75 Å². The molecule has 160 valence electrons. The van der Waals surface area contributed by atoms with Crippen molar-refractivity contribution in [2.45, 2.75) is 10.0 Å². The number of rotatable bonds is 7. The van der Waals surface area contributed by atoms with Crippen LogP contribution in [0.3, 0.4) is 0 Å². The van der Waals surface area contributed by atoms with Gasteiger partial charge in [-0.2, -0.15) is 8.42 Å². The summed E-state index contributed by atoms with van der Waals surface area (Å²) < 4.78 is 46.4. The fraction of sp³-hybridized carbons (Fsp3) is 0.211. The zero-order valence-electron chi connectivity index (χ0n) is 18.0. The first-order valence-corrected chi connectivity index (χ1v) is 10.8. The van der Waals surface area contributed by atoms with Gasteiger partial charge in [0, 0.05) is 5.56 Å². The van der Waals surface area contributed by atoms with Gasteiger partial charge in [0.05, 0.1) is 18.8 Å². The number of benzene rings is 2. The topological polar surface area (TPSA) is 114 Å². The Hall–Kier alpha value is -3.01. The highest BCUT2D eigenvalue weighted by molar-refractivity contribution is 7.90. The highest BCUT2D eigenvalue weighted by Gasteiger charge is 2.52. The fourth-order valence-electron chi connectivity index (χ4n) is 3.36. The number of carbonyl (C=O) groups is 1. The third kappa shape index (κ3) is 3.65. The molecule has 3 rings (SSSR count). The average Bonchev–Trinajstić information content (AvgIpc) is 2.97. The molecule has 0 aliphatic carbocycles. The molecule has 1 heterocycles. The van der Waals surface area contributed by atoms with Crippen molar-refractivity contribution in [3.05, 3.63) is 71.3 Å². The second-order valence-corrected chi connectivity index (χ2v) is 9.71. The standard InChI is InChI=1S/C19H22B3NO7S/c1-27-13-10-6-9-12(14(13)28-2)18(20)16(24)15(17(23)29-18)30-31(25,26)19(21,22)11-7-4-3-5-8-11/h3-10H,20-23H2,1-2H3/t18-/m1/s1. The molecule has 2 aromatic rings. The smallest absolute Gasteiger partial charge is 0.304 e. The summed E-state index contributed by atoms with van der Waals surface area (Å²) in [5.41, 5.74) is 5.07. The predicted octanol–water partition coefficient (Wildman–Crippen LogP) is -1.36. The molecular weight excluding hydrogens is 419 g/mol. The van der Waals surface area contributed by atoms with Crippen molar-refractivity contribution in [1.82, 2.24) is 0 Å². The minimum atomic E-state index is -4.32. The summed E-state index contributed by atoms with van der Waals surface area (Å²) in [6.07, 6.45) is 0. The molecule has 1 aliphatic heterocycles. The molecule has 0 saturated carbocycles. The Morgan fingerprint density at radius 1 is 1.03 bits per heavy atom. The van der Waals surface area contributed by atoms with Gasteiger partial charge in [-0.15, -0.1) is 0 Å². The second kappa shape index (κ2) is 7.92. The van der Waals surface area contributed by atoms with Crippen LogP contribution in [0.15, 0.2) is 60.2 Å². The highest BCUT2D eigenvalue weighted by atomic mass is 32.2. The van der Waals surface area contributed by atoms with E-state index in [1.165, 1.54) is 37.8 Å². The minimum absolute atomic E-state index is 0.266. The molecule has 0 saturated heterocycles. The van der Waals surface area contributed by atoms with Crippen molar-refractivity contribution in [2.24, 2.45) is 5.73 Å². The van der Waals surface area contributed by atoms with E-state index in [4.69, 9.17) is 24.1 Å². The fourth-order valence-corrected chi connectivity index (χ4v) is 4.37. The molecule has 12 heteroatoms. The number of para-hydroxylation sites is 1. The number of methoxy groups -OCH3 is 2. The Labute approximate surface area is 184 Å². The molecule has 0 amide bonds. The van der Waals surface area contributed by atoms with E-state index in [0.717, 1.165) is 0 Å². The van der Waals surface area contributed by atoms with E-state index in [9.17, 15) is 13.2 Å². The third-order valence-corrected chi connectivity index (χ3v) is 7.25. The molecular formula is C19H22B3NO7S. The van der Waals surface area contributed by atoms with Gasteiger partial charge < -0.3 is 24.1 Å². The van der Waals surface area contributed by atoms with Crippen LogP contribution in [0.4, 0.5) is 0 Å². The van der Waals surface area contributed by atoms with Crippen molar-refractivity contribution in [2.75, 3.05) is 14.2 Å². The number of ether oxygens (including phenoxy) is 3. The summed E-state index contributed by atoms with van der Waals surface area (Å²) in [5.74, 6) is -1.10. The second-order valence-electron chi connectivity index (χ2n) is 7.61. The maximum Gasteiger partial charge on any atom is 0.304 e. The van der Waals surface area contributed by atoms with Gasteiger partial charge in [0.2, 0.25) is 17.4 Å². The van der Waals surface area contributed by atoms with Crippen LogP contribution in [0.5, 0.6) is 11.5 Å². The molecule has 0 aromatic heterocycles. The largest absolute Gasteiger partial charge is 0.493 e. The van der Waals surface area contributed by atoms with Crippen molar-refractivity contribution in [3.8, 4) is 11.5 Å². The van der Waals surface area contributed by atoms with Crippen molar-refractivity contribution < 1.29 is 31.6 Å². The summed E-state index contributed by atoms with van der Waals surface area (Å²) in [4.78, 5) is 13.3. The lowest BCUT2D eigenvalue weighted by molar-refractivity contribution is -0.126. The first-order valence-electron chi connectivity index (χ1n) is 9.44. The van der Waals surface area contributed by atoms with Gasteiger partial charge >= 0.3 is 10.1 Å². The van der Waals surface area contributed by atoms with E-state index in [1.54, 1.807) is 48.5 Å². The molecule has 1 aliphatic rings. The van der Waals surface area contributed by atoms with E-state index >= 15 is 0 Å². The number of nitrogens with two attached hydrogens (primary N) is 1. The zero-order valence-corrected chi connectivity index (χ0v) is 18.8. The van der Waals surface area contributed by atoms with Crippen LogP contribution in [0.2, 0.25) is 0 Å². The Bertz CT molecular complexity index is 1150. The van der Waals surface area contributed by atoms with E-state index in [2.05, 4.69) is 0 Å². The molecule has 0 radical (unpaired) electrons. The summed E-state index contributed by atoms with van der Waals surface area (Å²) in [6.45, 7) is 0. The molecule has 0 fully saturated rings. The Balaban J connectivity index is 1.99. The summed E-state index contributed by atoms with van der Waals surface area (Å²) in [7, 11) is 3.00. The molecule has 0 bridgehead atoms. The first-order chi connectivity index (χ1) is 14.5. The van der Waals surface area contributed by atoms with Gasteiger partial charge in [-0.25, -0.2) is 0 Å². The van der Waals surface area contributed by atoms with Gasteiger partial charge in [-0.05, 0) is 11.6 Å². The van der Waals surface area contributed by atoms with Crippen molar-refractivity contribution >= 4 is 39.4 Å². The van der Waals surface area contributed by atoms with E-state index in [1.807, 2.05) is 0 Å². The normalized spacial score (nSPS) is 19.1. The van der Waals surface area contributed by atoms with Crippen LogP contribution in [-0.2, 0) is 33.9 Å². The quantitative estimate of drug-likeness (QED) is 0.415. The third-order valence-electron chi connectivity index (χ3n) is 5.38. The Morgan fingerprint density at radius 3 is 2.26 bits per heavy atom. The SMILES string of the molecule is BC(B)(c1ccccc1)S(=O)(=O)OC1=C(N)O[C@](B)(c2cccc(OC)c2OC)C1=O. The van der Waals surface area contributed by atoms with Crippen molar-refractivity contribution in [3.63, 3.8) is 0 Å². The van der Waals surface area contributed by atoms with E-state index in [0.29, 0.717) is 16.9 Å². The van der Waals surface area contributed by atoms with Crippen LogP contribution < -0.4 is 15.2 Å². The summed E-state index contributed by atoms with van der Waals surface area (Å²) in [5, 5.41) is 0. The van der Waals surface area contributed by atoms with Crippen LogP contribution in [0.25, 0.3) is 0 Å². The lowest BCUT2D eigenvalue weighted by Gasteiger charge is -2.27. The Kier molecular flexibility index (Phi) is 5.79. The molecule has 0 unspecified atom stereocenters. The number of hydrogen-bond acceptors (Lipinski definition) is 8.